The maximum Gasteiger partial charge on any atom is 0.336 e. The first-order valence-electron chi connectivity index (χ1n) is 4.15. The number of amides is 4. The van der Waals surface area contributed by atoms with Gasteiger partial charge in [0.25, 0.3) is 0 Å². The Kier molecular flexibility index (Phi) is 2.85. The van der Waals surface area contributed by atoms with Crippen LogP contribution in [0.25, 0.3) is 0 Å². The number of rotatable bonds is 1. The van der Waals surface area contributed by atoms with E-state index in [4.69, 9.17) is 11.6 Å². The van der Waals surface area contributed by atoms with Gasteiger partial charge in [0.05, 0.1) is 10.7 Å². The molecule has 1 aliphatic heterocycles. The predicted octanol–water partition coefficient (Wildman–Crippen LogP) is 1.53. The Hall–Kier alpha value is -1.15. The fraction of sp³-hybridized carbons (Fsp3) is 0. The number of carbonyl (C=O) groups excluding carboxylic acids is 3. The fourth-order valence-electron chi connectivity index (χ4n) is 1.28. The number of urea groups is 1. The third kappa shape index (κ3) is 1.78. The Bertz CT molecular complexity index is 517. The minimum atomic E-state index is -0.945. The van der Waals surface area contributed by atoms with Crippen molar-refractivity contribution in [2.45, 2.75) is 0 Å². The van der Waals surface area contributed by atoms with Crippen molar-refractivity contribution in [3.05, 3.63) is 26.8 Å². The van der Waals surface area contributed by atoms with Gasteiger partial charge in [0.1, 0.15) is 0 Å². The van der Waals surface area contributed by atoms with E-state index in [1.165, 1.54) is 6.07 Å². The summed E-state index contributed by atoms with van der Waals surface area (Å²) in [5.74, 6) is -1.87. The highest BCUT2D eigenvalue weighted by Gasteiger charge is 2.38. The summed E-state index contributed by atoms with van der Waals surface area (Å²) in [6, 6.07) is 4.02. The third-order valence-electron chi connectivity index (χ3n) is 1.97. The van der Waals surface area contributed by atoms with Crippen molar-refractivity contribution in [2.75, 3.05) is 4.90 Å². The van der Waals surface area contributed by atoms with Crippen LogP contribution in [0.2, 0.25) is 5.02 Å². The largest absolute Gasteiger partial charge is 0.336 e. The standard InChI is InChI=1S/C9H4ClIN2O3/c10-5-3-4(11)1-2-6(5)13-8(15)7(14)12-9(13)16/h1-3H,(H,12,14,16). The zero-order valence-electron chi connectivity index (χ0n) is 7.66. The first-order chi connectivity index (χ1) is 7.50. The molecule has 1 saturated heterocycles. The van der Waals surface area contributed by atoms with Crippen LogP contribution in [0, 0.1) is 3.57 Å². The van der Waals surface area contributed by atoms with Crippen LogP contribution in [0.3, 0.4) is 0 Å². The summed E-state index contributed by atoms with van der Waals surface area (Å²) in [5, 5.41) is 2.14. The van der Waals surface area contributed by atoms with E-state index >= 15 is 0 Å². The Balaban J connectivity index is 2.48. The molecule has 4 amide bonds. The molecule has 1 aliphatic rings. The van der Waals surface area contributed by atoms with Crippen molar-refractivity contribution in [2.24, 2.45) is 0 Å². The molecule has 82 valence electrons. The summed E-state index contributed by atoms with van der Waals surface area (Å²) in [6.07, 6.45) is 0. The van der Waals surface area contributed by atoms with Gasteiger partial charge < -0.3 is 0 Å². The number of benzene rings is 1. The molecule has 0 unspecified atom stereocenters. The van der Waals surface area contributed by atoms with Crippen molar-refractivity contribution >= 4 is 57.7 Å². The lowest BCUT2D eigenvalue weighted by molar-refractivity contribution is -0.134. The highest BCUT2D eigenvalue weighted by molar-refractivity contribution is 14.1. The third-order valence-corrected chi connectivity index (χ3v) is 2.95. The highest BCUT2D eigenvalue weighted by Crippen LogP contribution is 2.28. The second-order valence-corrected chi connectivity index (χ2v) is 4.65. The topological polar surface area (TPSA) is 66.5 Å². The van der Waals surface area contributed by atoms with Gasteiger partial charge in [-0.1, -0.05) is 11.6 Å². The van der Waals surface area contributed by atoms with Crippen molar-refractivity contribution in [1.82, 2.24) is 5.32 Å². The average molecular weight is 350 g/mol. The second-order valence-electron chi connectivity index (χ2n) is 3.00. The molecule has 1 heterocycles. The number of anilines is 1. The number of hydrogen-bond acceptors (Lipinski definition) is 3. The number of hydrogen-bond donors (Lipinski definition) is 1. The van der Waals surface area contributed by atoms with Crippen LogP contribution >= 0.6 is 34.2 Å². The smallest absolute Gasteiger partial charge is 0.269 e. The Morgan fingerprint density at radius 1 is 1.25 bits per heavy atom. The van der Waals surface area contributed by atoms with Crippen LogP contribution < -0.4 is 10.2 Å². The SMILES string of the molecule is O=C1NC(=O)N(c2ccc(I)cc2Cl)C1=O. The molecular weight excluding hydrogens is 346 g/mol. The van der Waals surface area contributed by atoms with Gasteiger partial charge in [-0.2, -0.15) is 0 Å². The number of carbonyl (C=O) groups is 3. The molecule has 0 atom stereocenters. The van der Waals surface area contributed by atoms with Crippen molar-refractivity contribution in [1.29, 1.82) is 0 Å². The van der Waals surface area contributed by atoms with Gasteiger partial charge in [0.15, 0.2) is 0 Å². The van der Waals surface area contributed by atoms with Gasteiger partial charge in [-0.05, 0) is 40.8 Å². The molecule has 0 saturated carbocycles. The van der Waals surface area contributed by atoms with Gasteiger partial charge in [-0.15, -0.1) is 0 Å². The van der Waals surface area contributed by atoms with E-state index in [2.05, 4.69) is 0 Å². The molecule has 1 fully saturated rings. The Morgan fingerprint density at radius 2 is 1.94 bits per heavy atom. The molecule has 0 aliphatic carbocycles. The number of imide groups is 2. The van der Waals surface area contributed by atoms with E-state index in [9.17, 15) is 14.4 Å². The fourth-order valence-corrected chi connectivity index (χ4v) is 2.22. The van der Waals surface area contributed by atoms with Crippen LogP contribution in [-0.2, 0) is 9.59 Å². The number of nitrogens with one attached hydrogen (secondary N) is 1. The van der Waals surface area contributed by atoms with Crippen molar-refractivity contribution in [3.63, 3.8) is 0 Å². The zero-order chi connectivity index (χ0) is 11.9. The van der Waals surface area contributed by atoms with Crippen molar-refractivity contribution < 1.29 is 14.4 Å². The Labute approximate surface area is 109 Å². The van der Waals surface area contributed by atoms with Crippen LogP contribution in [0.4, 0.5) is 10.5 Å². The Morgan fingerprint density at radius 3 is 2.44 bits per heavy atom. The van der Waals surface area contributed by atoms with Crippen LogP contribution in [0.15, 0.2) is 18.2 Å². The average Bonchev–Trinajstić information content (AvgIpc) is 2.43. The number of halogens is 2. The molecule has 16 heavy (non-hydrogen) atoms. The monoisotopic (exact) mass is 350 g/mol. The highest BCUT2D eigenvalue weighted by atomic mass is 127. The molecule has 0 bridgehead atoms. The maximum atomic E-state index is 11.4. The van der Waals surface area contributed by atoms with Gasteiger partial charge >= 0.3 is 17.8 Å². The van der Waals surface area contributed by atoms with E-state index in [0.717, 1.165) is 8.47 Å². The molecule has 2 rings (SSSR count). The van der Waals surface area contributed by atoms with E-state index < -0.39 is 17.8 Å². The van der Waals surface area contributed by atoms with Crippen LogP contribution in [-0.4, -0.2) is 17.8 Å². The van der Waals surface area contributed by atoms with Gasteiger partial charge in [-0.25, -0.2) is 9.69 Å². The van der Waals surface area contributed by atoms with Crippen LogP contribution in [0.5, 0.6) is 0 Å². The lowest BCUT2D eigenvalue weighted by Crippen LogP contribution is -2.31. The van der Waals surface area contributed by atoms with Gasteiger partial charge in [0.2, 0.25) is 0 Å². The molecule has 7 heteroatoms. The van der Waals surface area contributed by atoms with E-state index in [0.29, 0.717) is 0 Å². The molecule has 1 N–H and O–H groups in total. The molecule has 1 aromatic rings. The lowest BCUT2D eigenvalue weighted by atomic mass is 10.3. The minimum absolute atomic E-state index is 0.204. The molecular formula is C9H4ClIN2O3. The lowest BCUT2D eigenvalue weighted by Gasteiger charge is -2.12. The summed E-state index contributed by atoms with van der Waals surface area (Å²) in [7, 11) is 0. The van der Waals surface area contributed by atoms with Gasteiger partial charge in [0, 0.05) is 3.57 Å². The van der Waals surface area contributed by atoms with E-state index in [1.807, 2.05) is 27.9 Å². The van der Waals surface area contributed by atoms with Crippen molar-refractivity contribution in [3.8, 4) is 0 Å². The first kappa shape index (κ1) is 11.3. The van der Waals surface area contributed by atoms with E-state index in [1.54, 1.807) is 12.1 Å². The molecule has 1 aromatic carbocycles. The summed E-state index contributed by atoms with van der Waals surface area (Å²) < 4.78 is 0.865. The molecule has 0 spiro atoms. The normalized spacial score (nSPS) is 15.6. The number of nitrogens with zero attached hydrogens (tertiary/aromatic N) is 1. The van der Waals surface area contributed by atoms with Crippen LogP contribution in [0.1, 0.15) is 0 Å². The summed E-state index contributed by atoms with van der Waals surface area (Å²) >= 11 is 7.94. The maximum absolute atomic E-state index is 11.4. The minimum Gasteiger partial charge on any atom is -0.269 e. The van der Waals surface area contributed by atoms with E-state index in [-0.39, 0.29) is 10.7 Å². The van der Waals surface area contributed by atoms with Gasteiger partial charge in [-0.3, -0.25) is 14.9 Å². The predicted molar refractivity (Wildman–Crippen MR) is 65.2 cm³/mol. The summed E-state index contributed by atoms with van der Waals surface area (Å²) in [5.41, 5.74) is 0.204. The molecule has 0 aromatic heterocycles. The first-order valence-corrected chi connectivity index (χ1v) is 5.61. The second kappa shape index (κ2) is 4.02. The summed E-state index contributed by atoms with van der Waals surface area (Å²) in [6.45, 7) is 0. The molecule has 0 radical (unpaired) electrons. The molecule has 5 nitrogen and oxygen atoms in total. The quantitative estimate of drug-likeness (QED) is 0.474. The zero-order valence-corrected chi connectivity index (χ0v) is 10.6. The summed E-state index contributed by atoms with van der Waals surface area (Å²) in [4.78, 5) is 34.4.